The second-order valence-corrected chi connectivity index (χ2v) is 4.78. The Morgan fingerprint density at radius 2 is 2.05 bits per heavy atom. The van der Waals surface area contributed by atoms with Gasteiger partial charge in [-0.15, -0.1) is 5.10 Å². The summed E-state index contributed by atoms with van der Waals surface area (Å²) in [5.74, 6) is 0. The molecule has 102 valence electrons. The predicted octanol–water partition coefficient (Wildman–Crippen LogP) is 2.74. The van der Waals surface area contributed by atoms with Crippen molar-refractivity contribution in [3.63, 3.8) is 0 Å². The van der Waals surface area contributed by atoms with Crippen LogP contribution in [0.1, 0.15) is 43.5 Å². The van der Waals surface area contributed by atoms with Gasteiger partial charge >= 0.3 is 0 Å². The maximum Gasteiger partial charge on any atom is 0.0973 e. The third-order valence-corrected chi connectivity index (χ3v) is 3.21. The van der Waals surface area contributed by atoms with Crippen molar-refractivity contribution in [2.45, 2.75) is 45.3 Å². The molecule has 0 fully saturated rings. The van der Waals surface area contributed by atoms with E-state index in [0.717, 1.165) is 37.9 Å². The zero-order valence-corrected chi connectivity index (χ0v) is 11.4. The minimum absolute atomic E-state index is 0.467. The number of nitrogens with zero attached hydrogens (tertiary/aromatic N) is 3. The quantitative estimate of drug-likeness (QED) is 0.831. The molecule has 0 aliphatic carbocycles. The van der Waals surface area contributed by atoms with Crippen LogP contribution in [-0.4, -0.2) is 20.1 Å². The first-order chi connectivity index (χ1) is 9.31. The lowest BCUT2D eigenvalue weighted by atomic mass is 10.0. The number of hydrogen-bond donors (Lipinski definition) is 1. The molecule has 0 saturated carbocycles. The van der Waals surface area contributed by atoms with E-state index in [0.29, 0.717) is 0 Å². The first-order valence-electron chi connectivity index (χ1n) is 6.91. The van der Waals surface area contributed by atoms with Crippen LogP contribution in [0, 0.1) is 0 Å². The molecule has 1 aromatic heterocycles. The van der Waals surface area contributed by atoms with Gasteiger partial charge in [0.05, 0.1) is 18.0 Å². The van der Waals surface area contributed by atoms with Crippen LogP contribution >= 0.6 is 0 Å². The van der Waals surface area contributed by atoms with Crippen LogP contribution in [0.4, 0.5) is 0 Å². The molecule has 0 aliphatic rings. The maximum absolute atomic E-state index is 10.2. The van der Waals surface area contributed by atoms with E-state index in [-0.39, 0.29) is 0 Å². The number of aryl methyl sites for hydroxylation is 2. The largest absolute Gasteiger partial charge is 0.387 e. The third kappa shape index (κ3) is 3.89. The highest BCUT2D eigenvalue weighted by Gasteiger charge is 2.13. The molecule has 0 radical (unpaired) electrons. The minimum Gasteiger partial charge on any atom is -0.387 e. The van der Waals surface area contributed by atoms with E-state index in [1.165, 1.54) is 5.56 Å². The number of rotatable bonds is 7. The van der Waals surface area contributed by atoms with E-state index >= 15 is 0 Å². The second-order valence-electron chi connectivity index (χ2n) is 4.78. The Balaban J connectivity index is 1.84. The van der Waals surface area contributed by atoms with Gasteiger partial charge in [-0.2, -0.15) is 0 Å². The normalized spacial score (nSPS) is 12.5. The van der Waals surface area contributed by atoms with Crippen molar-refractivity contribution in [1.82, 2.24) is 15.0 Å². The molecule has 0 bridgehead atoms. The van der Waals surface area contributed by atoms with Gasteiger partial charge in [-0.1, -0.05) is 42.5 Å². The van der Waals surface area contributed by atoms with Crippen molar-refractivity contribution in [3.05, 3.63) is 47.8 Å². The fraction of sp³-hybridized carbons (Fsp3) is 0.467. The van der Waals surface area contributed by atoms with Crippen molar-refractivity contribution >= 4 is 0 Å². The molecule has 0 saturated heterocycles. The van der Waals surface area contributed by atoms with E-state index in [2.05, 4.69) is 29.4 Å². The molecule has 4 heteroatoms. The number of aliphatic hydroxyl groups is 1. The lowest BCUT2D eigenvalue weighted by molar-refractivity contribution is 0.153. The smallest absolute Gasteiger partial charge is 0.0973 e. The van der Waals surface area contributed by atoms with Crippen LogP contribution in [0.25, 0.3) is 0 Å². The molecular weight excluding hydrogens is 238 g/mol. The molecule has 1 aromatic carbocycles. The molecule has 1 atom stereocenters. The Labute approximate surface area is 114 Å². The highest BCUT2D eigenvalue weighted by Crippen LogP contribution is 2.18. The number of benzene rings is 1. The standard InChI is InChI=1S/C15H21N3O/c1-2-11-18-14(12-16-17-18)15(19)10-6-9-13-7-4-3-5-8-13/h3-5,7-8,12,15,19H,2,6,9-11H2,1H3. The zero-order valence-electron chi connectivity index (χ0n) is 11.4. The van der Waals surface area contributed by atoms with Crippen LogP contribution in [-0.2, 0) is 13.0 Å². The van der Waals surface area contributed by atoms with Gasteiger partial charge in [-0.3, -0.25) is 0 Å². The molecule has 1 heterocycles. The summed E-state index contributed by atoms with van der Waals surface area (Å²) in [4.78, 5) is 0. The van der Waals surface area contributed by atoms with Crippen molar-refractivity contribution in [2.24, 2.45) is 0 Å². The summed E-state index contributed by atoms with van der Waals surface area (Å²) in [6.45, 7) is 2.90. The average Bonchev–Trinajstić information content (AvgIpc) is 2.89. The van der Waals surface area contributed by atoms with Crippen LogP contribution < -0.4 is 0 Å². The monoisotopic (exact) mass is 259 g/mol. The van der Waals surface area contributed by atoms with Crippen molar-refractivity contribution < 1.29 is 5.11 Å². The first-order valence-corrected chi connectivity index (χ1v) is 6.91. The number of aliphatic hydroxyl groups excluding tert-OH is 1. The van der Waals surface area contributed by atoms with Crippen LogP contribution in [0.5, 0.6) is 0 Å². The summed E-state index contributed by atoms with van der Waals surface area (Å²) < 4.78 is 1.80. The Bertz CT molecular complexity index is 481. The summed E-state index contributed by atoms with van der Waals surface area (Å²) in [6, 6.07) is 10.4. The summed E-state index contributed by atoms with van der Waals surface area (Å²) in [5, 5.41) is 18.1. The van der Waals surface area contributed by atoms with Crippen LogP contribution in [0.3, 0.4) is 0 Å². The van der Waals surface area contributed by atoms with Gasteiger partial charge in [-0.25, -0.2) is 4.68 Å². The molecule has 19 heavy (non-hydrogen) atoms. The van der Waals surface area contributed by atoms with Gasteiger partial charge < -0.3 is 5.11 Å². The lowest BCUT2D eigenvalue weighted by Gasteiger charge is -2.11. The van der Waals surface area contributed by atoms with Gasteiger partial charge in [0, 0.05) is 6.54 Å². The molecular formula is C15H21N3O. The Morgan fingerprint density at radius 1 is 1.26 bits per heavy atom. The van der Waals surface area contributed by atoms with E-state index in [1.54, 1.807) is 10.9 Å². The summed E-state index contributed by atoms with van der Waals surface area (Å²) >= 11 is 0. The zero-order chi connectivity index (χ0) is 13.5. The molecule has 2 rings (SSSR count). The maximum atomic E-state index is 10.2. The summed E-state index contributed by atoms with van der Waals surface area (Å²) in [5.41, 5.74) is 2.14. The highest BCUT2D eigenvalue weighted by atomic mass is 16.3. The van der Waals surface area contributed by atoms with Gasteiger partial charge in [-0.05, 0) is 31.2 Å². The molecule has 0 aliphatic heterocycles. The lowest BCUT2D eigenvalue weighted by Crippen LogP contribution is -2.09. The van der Waals surface area contributed by atoms with Gasteiger partial charge in [0.15, 0.2) is 0 Å². The van der Waals surface area contributed by atoms with Gasteiger partial charge in [0.2, 0.25) is 0 Å². The second kappa shape index (κ2) is 7.04. The average molecular weight is 259 g/mol. The molecule has 2 aromatic rings. The number of aromatic nitrogens is 3. The van der Waals surface area contributed by atoms with Gasteiger partial charge in [0.25, 0.3) is 0 Å². The van der Waals surface area contributed by atoms with Crippen LogP contribution in [0.2, 0.25) is 0 Å². The Hall–Kier alpha value is -1.68. The third-order valence-electron chi connectivity index (χ3n) is 3.21. The topological polar surface area (TPSA) is 50.9 Å². The molecule has 0 spiro atoms. The predicted molar refractivity (Wildman–Crippen MR) is 74.7 cm³/mol. The first kappa shape index (κ1) is 13.7. The summed E-state index contributed by atoms with van der Waals surface area (Å²) in [7, 11) is 0. The van der Waals surface area contributed by atoms with E-state index in [1.807, 2.05) is 18.2 Å². The molecule has 1 N–H and O–H groups in total. The SMILES string of the molecule is CCCn1nncc1C(O)CCCc1ccccc1. The Morgan fingerprint density at radius 3 is 2.79 bits per heavy atom. The van der Waals surface area contributed by atoms with E-state index in [4.69, 9.17) is 0 Å². The number of hydrogen-bond acceptors (Lipinski definition) is 3. The molecule has 1 unspecified atom stereocenters. The van der Waals surface area contributed by atoms with Crippen LogP contribution in [0.15, 0.2) is 36.5 Å². The highest BCUT2D eigenvalue weighted by molar-refractivity contribution is 5.14. The van der Waals surface area contributed by atoms with E-state index < -0.39 is 6.10 Å². The van der Waals surface area contributed by atoms with Crippen molar-refractivity contribution in [3.8, 4) is 0 Å². The van der Waals surface area contributed by atoms with Crippen molar-refractivity contribution in [2.75, 3.05) is 0 Å². The van der Waals surface area contributed by atoms with Gasteiger partial charge in [0.1, 0.15) is 0 Å². The Kier molecular flexibility index (Phi) is 5.10. The minimum atomic E-state index is -0.467. The fourth-order valence-electron chi connectivity index (χ4n) is 2.20. The summed E-state index contributed by atoms with van der Waals surface area (Å²) in [6.07, 6.45) is 4.89. The van der Waals surface area contributed by atoms with Crippen molar-refractivity contribution in [1.29, 1.82) is 0 Å². The fourth-order valence-corrected chi connectivity index (χ4v) is 2.20. The molecule has 4 nitrogen and oxygen atoms in total. The van der Waals surface area contributed by atoms with E-state index in [9.17, 15) is 5.11 Å². The molecule has 0 amide bonds.